The van der Waals surface area contributed by atoms with Crippen molar-refractivity contribution >= 4 is 28.1 Å². The Kier molecular flexibility index (Phi) is 8.07. The van der Waals surface area contributed by atoms with Crippen molar-refractivity contribution in [2.45, 2.75) is 83.6 Å². The molecule has 7 heteroatoms. The zero-order valence-corrected chi connectivity index (χ0v) is 18.4. The van der Waals surface area contributed by atoms with E-state index < -0.39 is 10.8 Å². The van der Waals surface area contributed by atoms with E-state index in [1.807, 2.05) is 6.92 Å². The predicted octanol–water partition coefficient (Wildman–Crippen LogP) is 3.58. The summed E-state index contributed by atoms with van der Waals surface area (Å²) in [4.78, 5) is 9.45. The topological polar surface area (TPSA) is 66.4 Å². The van der Waals surface area contributed by atoms with E-state index in [0.29, 0.717) is 17.8 Å². The SMILES string of the molecule is CCNC(=NCc1csc(C(C)(C)C)n1)NC1CCCC(S(=O)CC)C1. The monoisotopic (exact) mass is 398 g/mol. The molecule has 0 aliphatic heterocycles. The molecule has 0 bridgehead atoms. The zero-order chi connectivity index (χ0) is 19.2. The molecule has 3 atom stereocenters. The molecule has 0 spiro atoms. The third-order valence-electron chi connectivity index (χ3n) is 4.56. The summed E-state index contributed by atoms with van der Waals surface area (Å²) < 4.78 is 12.1. The first-order valence-electron chi connectivity index (χ1n) is 9.70. The summed E-state index contributed by atoms with van der Waals surface area (Å²) in [5.41, 5.74) is 1.10. The van der Waals surface area contributed by atoms with Crippen LogP contribution in [0.4, 0.5) is 0 Å². The van der Waals surface area contributed by atoms with Crippen LogP contribution in [0.5, 0.6) is 0 Å². The Balaban J connectivity index is 1.98. The predicted molar refractivity (Wildman–Crippen MR) is 113 cm³/mol. The van der Waals surface area contributed by atoms with Crippen LogP contribution in [-0.4, -0.2) is 38.7 Å². The van der Waals surface area contributed by atoms with Crippen LogP contribution in [0.1, 0.15) is 71.0 Å². The molecule has 1 aromatic heterocycles. The Hall–Kier alpha value is -0.950. The van der Waals surface area contributed by atoms with E-state index in [9.17, 15) is 4.21 Å². The fraction of sp³-hybridized carbons (Fsp3) is 0.789. The van der Waals surface area contributed by atoms with Crippen LogP contribution in [-0.2, 0) is 22.8 Å². The lowest BCUT2D eigenvalue weighted by Crippen LogP contribution is -2.46. The number of hydrogen-bond acceptors (Lipinski definition) is 4. The average Bonchev–Trinajstić information content (AvgIpc) is 3.09. The minimum absolute atomic E-state index is 0.0847. The van der Waals surface area contributed by atoms with Gasteiger partial charge in [-0.15, -0.1) is 11.3 Å². The Bertz CT molecular complexity index is 621. The van der Waals surface area contributed by atoms with Gasteiger partial charge in [0.15, 0.2) is 5.96 Å². The number of aliphatic imine (C=N–C) groups is 1. The molecule has 1 saturated carbocycles. The second-order valence-electron chi connectivity index (χ2n) is 7.89. The minimum atomic E-state index is -0.701. The van der Waals surface area contributed by atoms with Gasteiger partial charge >= 0.3 is 0 Å². The van der Waals surface area contributed by atoms with Gasteiger partial charge in [0.1, 0.15) is 0 Å². The molecule has 2 rings (SSSR count). The van der Waals surface area contributed by atoms with E-state index in [1.54, 1.807) is 11.3 Å². The number of aromatic nitrogens is 1. The van der Waals surface area contributed by atoms with Gasteiger partial charge in [-0.3, -0.25) is 4.21 Å². The smallest absolute Gasteiger partial charge is 0.191 e. The highest BCUT2D eigenvalue weighted by atomic mass is 32.2. The van der Waals surface area contributed by atoms with Crippen molar-refractivity contribution in [3.05, 3.63) is 16.1 Å². The number of guanidine groups is 1. The maximum atomic E-state index is 12.1. The Morgan fingerprint density at radius 2 is 2.15 bits per heavy atom. The first-order valence-corrected chi connectivity index (χ1v) is 12.0. The molecule has 0 aromatic carbocycles. The maximum Gasteiger partial charge on any atom is 0.191 e. The first-order chi connectivity index (χ1) is 12.3. The summed E-state index contributed by atoms with van der Waals surface area (Å²) in [6, 6.07) is 0.350. The van der Waals surface area contributed by atoms with Gasteiger partial charge in [-0.05, 0) is 26.2 Å². The molecule has 26 heavy (non-hydrogen) atoms. The zero-order valence-electron chi connectivity index (χ0n) is 16.8. The van der Waals surface area contributed by atoms with E-state index in [0.717, 1.165) is 54.6 Å². The van der Waals surface area contributed by atoms with Gasteiger partial charge in [0.25, 0.3) is 0 Å². The van der Waals surface area contributed by atoms with Gasteiger partial charge < -0.3 is 10.6 Å². The molecular formula is C19H34N4OS2. The van der Waals surface area contributed by atoms with Crippen molar-refractivity contribution in [2.24, 2.45) is 4.99 Å². The molecule has 0 saturated heterocycles. The molecule has 5 nitrogen and oxygen atoms in total. The van der Waals surface area contributed by atoms with E-state index in [4.69, 9.17) is 9.98 Å². The van der Waals surface area contributed by atoms with Crippen LogP contribution in [0.15, 0.2) is 10.4 Å². The number of rotatable bonds is 6. The average molecular weight is 399 g/mol. The minimum Gasteiger partial charge on any atom is -0.357 e. The van der Waals surface area contributed by atoms with Crippen molar-refractivity contribution in [3.8, 4) is 0 Å². The molecule has 0 amide bonds. The maximum absolute atomic E-state index is 12.1. The van der Waals surface area contributed by atoms with Gasteiger partial charge in [0.2, 0.25) is 0 Å². The summed E-state index contributed by atoms with van der Waals surface area (Å²) in [5, 5.41) is 10.5. The van der Waals surface area contributed by atoms with Gasteiger partial charge in [-0.1, -0.05) is 34.1 Å². The van der Waals surface area contributed by atoms with E-state index >= 15 is 0 Å². The van der Waals surface area contributed by atoms with Crippen LogP contribution in [0.25, 0.3) is 0 Å². The Morgan fingerprint density at radius 3 is 2.77 bits per heavy atom. The van der Waals surface area contributed by atoms with Crippen molar-refractivity contribution in [1.82, 2.24) is 15.6 Å². The Labute approximate surface area is 164 Å². The highest BCUT2D eigenvalue weighted by Crippen LogP contribution is 2.26. The van der Waals surface area contributed by atoms with E-state index in [1.165, 1.54) is 0 Å². The van der Waals surface area contributed by atoms with E-state index in [2.05, 4.69) is 43.7 Å². The standard InChI is InChI=1S/C19H34N4OS2/c1-6-20-18(21-12-15-13-25-17(22-15)19(3,4)5)23-14-9-8-10-16(11-14)26(24)7-2/h13-14,16H,6-12H2,1-5H3,(H2,20,21,23). The van der Waals surface area contributed by atoms with Crippen LogP contribution in [0, 0.1) is 0 Å². The molecule has 2 N–H and O–H groups in total. The molecule has 1 fully saturated rings. The number of nitrogens with zero attached hydrogens (tertiary/aromatic N) is 2. The summed E-state index contributed by atoms with van der Waals surface area (Å²) in [6.45, 7) is 12.1. The van der Waals surface area contributed by atoms with Crippen LogP contribution >= 0.6 is 11.3 Å². The van der Waals surface area contributed by atoms with E-state index in [-0.39, 0.29) is 5.41 Å². The molecule has 3 unspecified atom stereocenters. The highest BCUT2D eigenvalue weighted by Gasteiger charge is 2.26. The first kappa shape index (κ1) is 21.4. The fourth-order valence-electron chi connectivity index (χ4n) is 3.15. The normalized spacial score (nSPS) is 22.9. The van der Waals surface area contributed by atoms with Crippen LogP contribution in [0.2, 0.25) is 0 Å². The van der Waals surface area contributed by atoms with Crippen molar-refractivity contribution in [2.75, 3.05) is 12.3 Å². The summed E-state index contributed by atoms with van der Waals surface area (Å²) in [6.07, 6.45) is 4.30. The van der Waals surface area contributed by atoms with Gasteiger partial charge in [-0.25, -0.2) is 9.98 Å². The molecule has 1 aliphatic carbocycles. The van der Waals surface area contributed by atoms with Crippen molar-refractivity contribution in [1.29, 1.82) is 0 Å². The second kappa shape index (κ2) is 9.83. The third kappa shape index (κ3) is 6.34. The summed E-state index contributed by atoms with van der Waals surface area (Å²) >= 11 is 1.71. The molecular weight excluding hydrogens is 364 g/mol. The van der Waals surface area contributed by atoms with Gasteiger partial charge in [-0.2, -0.15) is 0 Å². The number of nitrogens with one attached hydrogen (secondary N) is 2. The van der Waals surface area contributed by atoms with Gasteiger partial charge in [0.05, 0.1) is 17.2 Å². The molecule has 0 radical (unpaired) electrons. The van der Waals surface area contributed by atoms with Crippen LogP contribution < -0.4 is 10.6 Å². The molecule has 1 aliphatic rings. The van der Waals surface area contributed by atoms with Gasteiger partial charge in [0, 0.05) is 45.2 Å². The van der Waals surface area contributed by atoms with Crippen molar-refractivity contribution < 1.29 is 4.21 Å². The quantitative estimate of drug-likeness (QED) is 0.568. The second-order valence-corrected chi connectivity index (χ2v) is 10.8. The largest absolute Gasteiger partial charge is 0.357 e. The summed E-state index contributed by atoms with van der Waals surface area (Å²) in [5.74, 6) is 1.59. The van der Waals surface area contributed by atoms with Crippen molar-refractivity contribution in [3.63, 3.8) is 0 Å². The number of thiazole rings is 1. The molecule has 1 aromatic rings. The lowest BCUT2D eigenvalue weighted by molar-refractivity contribution is 0.413. The molecule has 148 valence electrons. The molecule has 1 heterocycles. The lowest BCUT2D eigenvalue weighted by atomic mass is 9.95. The van der Waals surface area contributed by atoms with Crippen LogP contribution in [0.3, 0.4) is 0 Å². The highest BCUT2D eigenvalue weighted by molar-refractivity contribution is 7.85. The number of hydrogen-bond donors (Lipinski definition) is 2. The fourth-order valence-corrected chi connectivity index (χ4v) is 5.39. The third-order valence-corrected chi connectivity index (χ3v) is 7.62. The lowest BCUT2D eigenvalue weighted by Gasteiger charge is -2.30. The Morgan fingerprint density at radius 1 is 1.38 bits per heavy atom. The summed E-state index contributed by atoms with van der Waals surface area (Å²) in [7, 11) is -0.701.